The Morgan fingerprint density at radius 3 is 2.55 bits per heavy atom. The van der Waals surface area contributed by atoms with E-state index in [-0.39, 0.29) is 17.1 Å². The third-order valence-corrected chi connectivity index (χ3v) is 4.95. The van der Waals surface area contributed by atoms with Crippen LogP contribution in [0.15, 0.2) is 71.1 Å². The predicted octanol–water partition coefficient (Wildman–Crippen LogP) is 5.08. The Morgan fingerprint density at radius 1 is 1.03 bits per heavy atom. The van der Waals surface area contributed by atoms with Crippen molar-refractivity contribution < 1.29 is 13.6 Å². The minimum absolute atomic E-state index is 0.120. The lowest BCUT2D eigenvalue weighted by molar-refractivity contribution is 0.0998. The maximum Gasteiger partial charge on any atom is 0.291 e. The molecule has 1 amide bonds. The third kappa shape index (κ3) is 4.61. The summed E-state index contributed by atoms with van der Waals surface area (Å²) in [6, 6.07) is 19.4. The van der Waals surface area contributed by atoms with Gasteiger partial charge >= 0.3 is 0 Å². The number of nitrogen functional groups attached to an aromatic ring is 1. The molecule has 3 aromatic carbocycles. The summed E-state index contributed by atoms with van der Waals surface area (Å²) < 4.78 is 19.1. The van der Waals surface area contributed by atoms with E-state index in [1.54, 1.807) is 12.1 Å². The van der Waals surface area contributed by atoms with E-state index < -0.39 is 11.7 Å². The number of nitrogens with zero attached hydrogens (tertiary/aromatic N) is 1. The molecule has 0 saturated carbocycles. The molecule has 4 rings (SSSR count). The highest BCUT2D eigenvalue weighted by molar-refractivity contribution is 6.06. The van der Waals surface area contributed by atoms with Gasteiger partial charge in [0.05, 0.1) is 11.4 Å². The number of hydrogen-bond acceptors (Lipinski definition) is 5. The zero-order valence-electron chi connectivity index (χ0n) is 17.3. The number of benzene rings is 3. The van der Waals surface area contributed by atoms with Crippen LogP contribution in [0.1, 0.15) is 16.1 Å². The summed E-state index contributed by atoms with van der Waals surface area (Å²) in [5.41, 5.74) is 10.1. The molecule has 4 N–H and O–H groups in total. The topological polar surface area (TPSA) is 83.5 Å². The van der Waals surface area contributed by atoms with E-state index in [9.17, 15) is 9.18 Å². The number of rotatable bonds is 6. The lowest BCUT2D eigenvalue weighted by Gasteiger charge is -2.13. The average molecular weight is 418 g/mol. The molecule has 31 heavy (non-hydrogen) atoms. The van der Waals surface area contributed by atoms with Gasteiger partial charge in [-0.1, -0.05) is 12.1 Å². The van der Waals surface area contributed by atoms with Gasteiger partial charge < -0.3 is 25.7 Å². The molecule has 0 aliphatic carbocycles. The number of anilines is 4. The highest BCUT2D eigenvalue weighted by Crippen LogP contribution is 2.26. The van der Waals surface area contributed by atoms with Crippen molar-refractivity contribution in [3.63, 3.8) is 0 Å². The van der Waals surface area contributed by atoms with Crippen molar-refractivity contribution in [2.45, 2.75) is 6.54 Å². The summed E-state index contributed by atoms with van der Waals surface area (Å²) in [7, 11) is 4.02. The summed E-state index contributed by atoms with van der Waals surface area (Å²) in [6.45, 7) is 0.670. The Balaban J connectivity index is 1.46. The van der Waals surface area contributed by atoms with Gasteiger partial charge in [0.2, 0.25) is 0 Å². The molecule has 0 saturated heterocycles. The third-order valence-electron chi connectivity index (χ3n) is 4.95. The highest BCUT2D eigenvalue weighted by atomic mass is 19.1. The Bertz CT molecular complexity index is 1230. The standard InChI is InChI=1S/C24H23FN4O2/c1-29(2)19-7-3-15(4-8-19)14-27-18-6-10-22-16(11-18)12-23(31-22)24(30)28-21-13-17(25)5-9-20(21)26/h3-13,27H,14,26H2,1-2H3,(H,28,30). The van der Waals surface area contributed by atoms with Crippen LogP contribution in [0.3, 0.4) is 0 Å². The molecule has 0 atom stereocenters. The number of amides is 1. The fraction of sp³-hybridized carbons (Fsp3) is 0.125. The van der Waals surface area contributed by atoms with Crippen molar-refractivity contribution in [3.05, 3.63) is 83.9 Å². The van der Waals surface area contributed by atoms with Gasteiger partial charge in [-0.3, -0.25) is 4.79 Å². The lowest BCUT2D eigenvalue weighted by atomic mass is 10.2. The molecule has 0 aliphatic rings. The molecule has 6 nitrogen and oxygen atoms in total. The van der Waals surface area contributed by atoms with Crippen molar-refractivity contribution >= 4 is 39.6 Å². The molecule has 7 heteroatoms. The van der Waals surface area contributed by atoms with Crippen LogP contribution in [0.25, 0.3) is 11.0 Å². The number of halogens is 1. The van der Waals surface area contributed by atoms with Crippen molar-refractivity contribution in [1.29, 1.82) is 0 Å². The normalized spacial score (nSPS) is 10.8. The highest BCUT2D eigenvalue weighted by Gasteiger charge is 2.14. The zero-order valence-corrected chi connectivity index (χ0v) is 17.3. The van der Waals surface area contributed by atoms with Gasteiger partial charge in [0.15, 0.2) is 5.76 Å². The number of fused-ring (bicyclic) bond motifs is 1. The Kier molecular flexibility index (Phi) is 5.49. The number of nitrogens with two attached hydrogens (primary N) is 1. The second-order valence-electron chi connectivity index (χ2n) is 7.46. The molecule has 0 fully saturated rings. The van der Waals surface area contributed by atoms with E-state index in [1.807, 2.05) is 26.2 Å². The van der Waals surface area contributed by atoms with Crippen LogP contribution >= 0.6 is 0 Å². The van der Waals surface area contributed by atoms with E-state index >= 15 is 0 Å². The fourth-order valence-electron chi connectivity index (χ4n) is 3.20. The Morgan fingerprint density at radius 2 is 1.81 bits per heavy atom. The second-order valence-corrected chi connectivity index (χ2v) is 7.46. The number of carbonyl (C=O) groups excluding carboxylic acids is 1. The summed E-state index contributed by atoms with van der Waals surface area (Å²) in [5.74, 6) is -0.861. The molecule has 1 aromatic heterocycles. The maximum absolute atomic E-state index is 13.4. The van der Waals surface area contributed by atoms with Gasteiger partial charge in [-0.2, -0.15) is 0 Å². The first-order valence-electron chi connectivity index (χ1n) is 9.79. The molecule has 1 heterocycles. The van der Waals surface area contributed by atoms with Crippen molar-refractivity contribution in [2.75, 3.05) is 35.4 Å². The minimum Gasteiger partial charge on any atom is -0.451 e. The first-order chi connectivity index (χ1) is 14.9. The molecule has 0 aliphatic heterocycles. The van der Waals surface area contributed by atoms with Gasteiger partial charge in [0, 0.05) is 37.4 Å². The molecule has 4 aromatic rings. The Labute approximate surface area is 179 Å². The average Bonchev–Trinajstić information content (AvgIpc) is 3.19. The van der Waals surface area contributed by atoms with Crippen LogP contribution in [0.4, 0.5) is 27.1 Å². The summed E-state index contributed by atoms with van der Waals surface area (Å²) in [5, 5.41) is 6.75. The molecule has 158 valence electrons. The zero-order chi connectivity index (χ0) is 22.0. The molecule has 0 unspecified atom stereocenters. The smallest absolute Gasteiger partial charge is 0.291 e. The summed E-state index contributed by atoms with van der Waals surface area (Å²) in [6.07, 6.45) is 0. The lowest BCUT2D eigenvalue weighted by Crippen LogP contribution is -2.12. The van der Waals surface area contributed by atoms with Crippen molar-refractivity contribution in [1.82, 2.24) is 0 Å². The van der Waals surface area contributed by atoms with Crippen LogP contribution in [-0.4, -0.2) is 20.0 Å². The SMILES string of the molecule is CN(C)c1ccc(CNc2ccc3oc(C(=O)Nc4cc(F)ccc4N)cc3c2)cc1. The summed E-state index contributed by atoms with van der Waals surface area (Å²) >= 11 is 0. The van der Waals surface area contributed by atoms with Gasteiger partial charge in [0.25, 0.3) is 5.91 Å². The van der Waals surface area contributed by atoms with Gasteiger partial charge in [-0.15, -0.1) is 0 Å². The number of furan rings is 1. The Hall–Kier alpha value is -4.00. The van der Waals surface area contributed by atoms with E-state index in [1.165, 1.54) is 18.2 Å². The minimum atomic E-state index is -0.496. The second kappa shape index (κ2) is 8.39. The van der Waals surface area contributed by atoms with E-state index in [4.69, 9.17) is 10.2 Å². The molecule has 0 radical (unpaired) electrons. The van der Waals surface area contributed by atoms with Crippen molar-refractivity contribution in [2.24, 2.45) is 0 Å². The number of hydrogen-bond donors (Lipinski definition) is 3. The van der Waals surface area contributed by atoms with Gasteiger partial charge in [-0.25, -0.2) is 4.39 Å². The summed E-state index contributed by atoms with van der Waals surface area (Å²) in [4.78, 5) is 14.6. The monoisotopic (exact) mass is 418 g/mol. The fourth-order valence-corrected chi connectivity index (χ4v) is 3.20. The molecule has 0 spiro atoms. The molecular formula is C24H23FN4O2. The van der Waals surface area contributed by atoms with Gasteiger partial charge in [-0.05, 0) is 60.2 Å². The quantitative estimate of drug-likeness (QED) is 0.380. The van der Waals surface area contributed by atoms with E-state index in [2.05, 4.69) is 39.8 Å². The maximum atomic E-state index is 13.4. The predicted molar refractivity (Wildman–Crippen MR) is 123 cm³/mol. The van der Waals surface area contributed by atoms with Crippen molar-refractivity contribution in [3.8, 4) is 0 Å². The van der Waals surface area contributed by atoms with Gasteiger partial charge in [0.1, 0.15) is 11.4 Å². The first-order valence-corrected chi connectivity index (χ1v) is 9.79. The van der Waals surface area contributed by atoms with Crippen LogP contribution in [0.2, 0.25) is 0 Å². The largest absolute Gasteiger partial charge is 0.451 e. The number of carbonyl (C=O) groups is 1. The van der Waals surface area contributed by atoms with Crippen LogP contribution in [-0.2, 0) is 6.54 Å². The van der Waals surface area contributed by atoms with Crippen LogP contribution < -0.4 is 21.3 Å². The molecular weight excluding hydrogens is 395 g/mol. The van der Waals surface area contributed by atoms with Crippen LogP contribution in [0.5, 0.6) is 0 Å². The van der Waals surface area contributed by atoms with E-state index in [0.717, 1.165) is 22.3 Å². The number of nitrogens with one attached hydrogen (secondary N) is 2. The molecule has 0 bridgehead atoms. The first kappa shape index (κ1) is 20.3. The van der Waals surface area contributed by atoms with E-state index in [0.29, 0.717) is 12.1 Å². The van der Waals surface area contributed by atoms with Crippen LogP contribution in [0, 0.1) is 5.82 Å².